The first-order chi connectivity index (χ1) is 7.81. The molecule has 0 spiro atoms. The largest absolute Gasteiger partial charge is 0.496 e. The average molecular weight is 222 g/mol. The summed E-state index contributed by atoms with van der Waals surface area (Å²) in [6.45, 7) is 0.685. The van der Waals surface area contributed by atoms with Crippen LogP contribution >= 0.6 is 0 Å². The Kier molecular flexibility index (Phi) is 3.54. The number of hydrazine groups is 1. The van der Waals surface area contributed by atoms with E-state index < -0.39 is 0 Å². The zero-order valence-electron chi connectivity index (χ0n) is 8.95. The van der Waals surface area contributed by atoms with Gasteiger partial charge in [-0.1, -0.05) is 18.2 Å². The van der Waals surface area contributed by atoms with Gasteiger partial charge in [-0.2, -0.15) is 0 Å². The van der Waals surface area contributed by atoms with E-state index in [4.69, 9.17) is 10.6 Å². The molecular formula is C12H15FN2O. The van der Waals surface area contributed by atoms with Gasteiger partial charge in [0.05, 0.1) is 12.6 Å². The maximum absolute atomic E-state index is 13.4. The molecule has 1 atom stereocenters. The predicted molar refractivity (Wildman–Crippen MR) is 59.9 cm³/mol. The fraction of sp³-hybridized carbons (Fsp3) is 0.333. The minimum atomic E-state index is -0.207. The third kappa shape index (κ3) is 2.40. The second-order valence-electron chi connectivity index (χ2n) is 3.76. The van der Waals surface area contributed by atoms with Gasteiger partial charge in [0, 0.05) is 6.42 Å². The number of nitrogens with two attached hydrogens (primary N) is 1. The summed E-state index contributed by atoms with van der Waals surface area (Å²) in [6, 6.07) is 6.55. The monoisotopic (exact) mass is 222 g/mol. The van der Waals surface area contributed by atoms with Crippen molar-refractivity contribution in [2.45, 2.75) is 18.9 Å². The van der Waals surface area contributed by atoms with Crippen LogP contribution in [0, 0.1) is 5.82 Å². The molecule has 1 aliphatic heterocycles. The van der Waals surface area contributed by atoms with Crippen molar-refractivity contribution in [2.75, 3.05) is 6.61 Å². The number of halogens is 1. The molecule has 1 unspecified atom stereocenters. The summed E-state index contributed by atoms with van der Waals surface area (Å²) in [5.74, 6) is 6.06. The van der Waals surface area contributed by atoms with E-state index in [-0.39, 0.29) is 11.9 Å². The van der Waals surface area contributed by atoms with E-state index in [1.807, 2.05) is 12.1 Å². The van der Waals surface area contributed by atoms with Crippen molar-refractivity contribution in [2.24, 2.45) is 5.84 Å². The lowest BCUT2D eigenvalue weighted by Crippen LogP contribution is -2.38. The van der Waals surface area contributed by atoms with Crippen molar-refractivity contribution in [1.29, 1.82) is 0 Å². The average Bonchev–Trinajstić information content (AvgIpc) is 2.81. The zero-order valence-corrected chi connectivity index (χ0v) is 8.95. The lowest BCUT2D eigenvalue weighted by molar-refractivity contribution is 0.214. The first-order valence-corrected chi connectivity index (χ1v) is 5.33. The molecule has 1 aromatic carbocycles. The van der Waals surface area contributed by atoms with E-state index in [1.54, 1.807) is 12.1 Å². The molecule has 0 saturated heterocycles. The number of ether oxygens (including phenoxy) is 1. The van der Waals surface area contributed by atoms with Crippen molar-refractivity contribution in [3.8, 4) is 0 Å². The lowest BCUT2D eigenvalue weighted by atomic mass is 10.0. The summed E-state index contributed by atoms with van der Waals surface area (Å²) in [5.41, 5.74) is 3.30. The van der Waals surface area contributed by atoms with Crippen LogP contribution in [0.15, 0.2) is 36.1 Å². The molecule has 2 rings (SSSR count). The van der Waals surface area contributed by atoms with E-state index in [1.165, 1.54) is 6.07 Å². The summed E-state index contributed by atoms with van der Waals surface area (Å²) in [6.07, 6.45) is 3.38. The number of hydrogen-bond donors (Lipinski definition) is 2. The smallest absolute Gasteiger partial charge is 0.126 e. The second kappa shape index (κ2) is 5.09. The zero-order chi connectivity index (χ0) is 11.4. The quantitative estimate of drug-likeness (QED) is 0.599. The molecule has 0 radical (unpaired) electrons. The number of rotatable bonds is 4. The number of benzene rings is 1. The van der Waals surface area contributed by atoms with E-state index >= 15 is 0 Å². The molecule has 1 aliphatic rings. The normalized spacial score (nSPS) is 16.8. The summed E-state index contributed by atoms with van der Waals surface area (Å²) >= 11 is 0. The van der Waals surface area contributed by atoms with E-state index in [0.717, 1.165) is 12.2 Å². The highest BCUT2D eigenvalue weighted by molar-refractivity contribution is 5.21. The van der Waals surface area contributed by atoms with Gasteiger partial charge in [-0.15, -0.1) is 0 Å². The van der Waals surface area contributed by atoms with Crippen molar-refractivity contribution in [3.05, 3.63) is 47.5 Å². The lowest BCUT2D eigenvalue weighted by Gasteiger charge is -2.17. The van der Waals surface area contributed by atoms with Crippen LogP contribution in [0.5, 0.6) is 0 Å². The van der Waals surface area contributed by atoms with Crippen LogP contribution in [0.25, 0.3) is 0 Å². The highest BCUT2D eigenvalue weighted by atomic mass is 19.1. The Labute approximate surface area is 94.1 Å². The van der Waals surface area contributed by atoms with Crippen LogP contribution in [-0.4, -0.2) is 12.6 Å². The van der Waals surface area contributed by atoms with E-state index in [9.17, 15) is 4.39 Å². The Hall–Kier alpha value is -1.39. The van der Waals surface area contributed by atoms with Gasteiger partial charge in [-0.05, 0) is 24.1 Å². The van der Waals surface area contributed by atoms with E-state index in [0.29, 0.717) is 18.6 Å². The SMILES string of the molecule is NNC(Cc1ccccc1F)C1=CCCO1. The van der Waals surface area contributed by atoms with Gasteiger partial charge in [0.1, 0.15) is 11.6 Å². The van der Waals surface area contributed by atoms with Crippen molar-refractivity contribution >= 4 is 0 Å². The molecule has 3 nitrogen and oxygen atoms in total. The molecule has 16 heavy (non-hydrogen) atoms. The maximum Gasteiger partial charge on any atom is 0.126 e. The molecule has 1 heterocycles. The van der Waals surface area contributed by atoms with Crippen LogP contribution in [0.4, 0.5) is 4.39 Å². The molecule has 3 N–H and O–H groups in total. The highest BCUT2D eigenvalue weighted by Gasteiger charge is 2.19. The Balaban J connectivity index is 2.10. The van der Waals surface area contributed by atoms with Gasteiger partial charge >= 0.3 is 0 Å². The van der Waals surface area contributed by atoms with Crippen molar-refractivity contribution in [1.82, 2.24) is 5.43 Å². The minimum absolute atomic E-state index is 0.153. The molecule has 1 aromatic rings. The van der Waals surface area contributed by atoms with Crippen molar-refractivity contribution in [3.63, 3.8) is 0 Å². The number of hydrogen-bond acceptors (Lipinski definition) is 3. The van der Waals surface area contributed by atoms with Gasteiger partial charge in [-0.25, -0.2) is 9.82 Å². The third-order valence-electron chi connectivity index (χ3n) is 2.66. The Morgan fingerprint density at radius 1 is 1.44 bits per heavy atom. The number of nitrogens with one attached hydrogen (secondary N) is 1. The first kappa shape index (κ1) is 11.1. The molecule has 0 aliphatic carbocycles. The minimum Gasteiger partial charge on any atom is -0.496 e. The Bertz CT molecular complexity index is 392. The van der Waals surface area contributed by atoms with Gasteiger partial charge in [-0.3, -0.25) is 5.84 Å². The Morgan fingerprint density at radius 2 is 2.25 bits per heavy atom. The predicted octanol–water partition coefficient (Wildman–Crippen LogP) is 1.50. The molecule has 86 valence electrons. The summed E-state index contributed by atoms with van der Waals surface area (Å²) in [4.78, 5) is 0. The summed E-state index contributed by atoms with van der Waals surface area (Å²) in [7, 11) is 0. The molecule has 0 aromatic heterocycles. The fourth-order valence-corrected chi connectivity index (χ4v) is 1.81. The standard InChI is InChI=1S/C12H15FN2O/c13-10-5-2-1-4-9(10)8-11(15-14)12-6-3-7-16-12/h1-2,4-6,11,15H,3,7-8,14H2. The fourth-order valence-electron chi connectivity index (χ4n) is 1.81. The Morgan fingerprint density at radius 3 is 2.88 bits per heavy atom. The van der Waals surface area contributed by atoms with Crippen molar-refractivity contribution < 1.29 is 9.13 Å². The van der Waals surface area contributed by atoms with Crippen LogP contribution in [0.2, 0.25) is 0 Å². The van der Waals surface area contributed by atoms with Gasteiger partial charge in [0.15, 0.2) is 0 Å². The molecule has 0 amide bonds. The van der Waals surface area contributed by atoms with Gasteiger partial charge in [0.2, 0.25) is 0 Å². The summed E-state index contributed by atoms with van der Waals surface area (Å²) < 4.78 is 18.9. The molecule has 0 saturated carbocycles. The molecular weight excluding hydrogens is 207 g/mol. The van der Waals surface area contributed by atoms with E-state index in [2.05, 4.69) is 5.43 Å². The van der Waals surface area contributed by atoms with Crippen LogP contribution in [-0.2, 0) is 11.2 Å². The van der Waals surface area contributed by atoms with Crippen LogP contribution in [0.1, 0.15) is 12.0 Å². The van der Waals surface area contributed by atoms with Gasteiger partial charge in [0.25, 0.3) is 0 Å². The maximum atomic E-state index is 13.4. The molecule has 0 bridgehead atoms. The first-order valence-electron chi connectivity index (χ1n) is 5.33. The summed E-state index contributed by atoms with van der Waals surface area (Å²) in [5, 5.41) is 0. The topological polar surface area (TPSA) is 47.3 Å². The molecule has 0 fully saturated rings. The third-order valence-corrected chi connectivity index (χ3v) is 2.66. The molecule has 4 heteroatoms. The van der Waals surface area contributed by atoms with Crippen LogP contribution < -0.4 is 11.3 Å². The second-order valence-corrected chi connectivity index (χ2v) is 3.76. The van der Waals surface area contributed by atoms with Crippen LogP contribution in [0.3, 0.4) is 0 Å². The highest BCUT2D eigenvalue weighted by Crippen LogP contribution is 2.18. The van der Waals surface area contributed by atoms with Gasteiger partial charge < -0.3 is 4.74 Å².